The van der Waals surface area contributed by atoms with Crippen LogP contribution in [0.4, 0.5) is 0 Å². The number of carbonyl (C=O) groups is 1. The Kier molecular flexibility index (Phi) is 3.67. The average molecular weight is 287 g/mol. The van der Waals surface area contributed by atoms with Crippen LogP contribution in [0.25, 0.3) is 11.3 Å². The molecule has 0 aliphatic heterocycles. The largest absolute Gasteiger partial charge is 0.298 e. The number of carbonyl (C=O) groups excluding carboxylic acids is 1. The lowest BCUT2D eigenvalue weighted by atomic mass is 10.1. The van der Waals surface area contributed by atoms with Crippen molar-refractivity contribution >= 4 is 41.1 Å². The van der Waals surface area contributed by atoms with E-state index in [4.69, 9.17) is 34.8 Å². The molecule has 0 atom stereocenters. The molecule has 0 saturated carbocycles. The summed E-state index contributed by atoms with van der Waals surface area (Å²) in [5.41, 5.74) is 1.59. The van der Waals surface area contributed by atoms with E-state index >= 15 is 0 Å². The van der Waals surface area contributed by atoms with Crippen LogP contribution >= 0.6 is 34.8 Å². The zero-order valence-corrected chi connectivity index (χ0v) is 10.7. The van der Waals surface area contributed by atoms with Gasteiger partial charge < -0.3 is 0 Å². The molecule has 0 bridgehead atoms. The van der Waals surface area contributed by atoms with Crippen LogP contribution in [0.15, 0.2) is 30.5 Å². The number of rotatable bonds is 2. The van der Waals surface area contributed by atoms with Gasteiger partial charge in [0.25, 0.3) is 0 Å². The molecule has 1 aromatic heterocycles. The minimum absolute atomic E-state index is 0.307. The zero-order chi connectivity index (χ0) is 12.4. The Bertz CT molecular complexity index is 584. The monoisotopic (exact) mass is 285 g/mol. The minimum atomic E-state index is 0.307. The molecule has 0 N–H and O–H groups in total. The van der Waals surface area contributed by atoms with Gasteiger partial charge in [0.1, 0.15) is 0 Å². The van der Waals surface area contributed by atoms with E-state index in [-0.39, 0.29) is 0 Å². The van der Waals surface area contributed by atoms with Crippen molar-refractivity contribution in [2.24, 2.45) is 0 Å². The van der Waals surface area contributed by atoms with Crippen molar-refractivity contribution < 1.29 is 4.79 Å². The summed E-state index contributed by atoms with van der Waals surface area (Å²) in [4.78, 5) is 14.9. The number of aromatic nitrogens is 1. The van der Waals surface area contributed by atoms with Crippen molar-refractivity contribution in [1.29, 1.82) is 0 Å². The molecule has 5 heteroatoms. The molecule has 0 aliphatic rings. The fraction of sp³-hybridized carbons (Fsp3) is 0. The first-order chi connectivity index (χ1) is 8.13. The van der Waals surface area contributed by atoms with Gasteiger partial charge in [0.2, 0.25) is 0 Å². The van der Waals surface area contributed by atoms with Crippen molar-refractivity contribution in [3.8, 4) is 11.3 Å². The Morgan fingerprint density at radius 1 is 1.12 bits per heavy atom. The van der Waals surface area contributed by atoms with Gasteiger partial charge in [-0.1, -0.05) is 46.9 Å². The van der Waals surface area contributed by atoms with E-state index in [9.17, 15) is 4.79 Å². The predicted octanol–water partition coefficient (Wildman–Crippen LogP) is 4.52. The van der Waals surface area contributed by atoms with Gasteiger partial charge in [0.05, 0.1) is 20.8 Å². The first-order valence-electron chi connectivity index (χ1n) is 4.68. The van der Waals surface area contributed by atoms with Crippen molar-refractivity contribution in [2.75, 3.05) is 0 Å². The molecule has 0 spiro atoms. The van der Waals surface area contributed by atoms with Crippen LogP contribution in [-0.4, -0.2) is 11.3 Å². The maximum atomic E-state index is 10.8. The molecule has 2 rings (SSSR count). The van der Waals surface area contributed by atoms with Crippen LogP contribution in [0.3, 0.4) is 0 Å². The first kappa shape index (κ1) is 12.4. The second-order valence-corrected chi connectivity index (χ2v) is 4.50. The second kappa shape index (κ2) is 5.05. The van der Waals surface area contributed by atoms with Gasteiger partial charge in [-0.15, -0.1) is 0 Å². The maximum Gasteiger partial charge on any atom is 0.151 e. The lowest BCUT2D eigenvalue weighted by Crippen LogP contribution is -1.90. The van der Waals surface area contributed by atoms with Gasteiger partial charge in [0, 0.05) is 17.3 Å². The number of benzene rings is 1. The Hall–Kier alpha value is -1.09. The van der Waals surface area contributed by atoms with E-state index in [1.165, 1.54) is 6.20 Å². The van der Waals surface area contributed by atoms with Crippen LogP contribution in [-0.2, 0) is 0 Å². The summed E-state index contributed by atoms with van der Waals surface area (Å²) < 4.78 is 0. The topological polar surface area (TPSA) is 30.0 Å². The molecule has 0 aliphatic carbocycles. The standard InChI is InChI=1S/C12H6Cl3NO/c13-9-3-1-2-8(12(9)15)11-4-7(6-17)10(14)5-16-11/h1-6H. The molecule has 0 amide bonds. The molecule has 0 fully saturated rings. The van der Waals surface area contributed by atoms with Crippen molar-refractivity contribution in [2.45, 2.75) is 0 Å². The summed E-state index contributed by atoms with van der Waals surface area (Å²) in [6, 6.07) is 6.80. The van der Waals surface area contributed by atoms with Gasteiger partial charge in [0.15, 0.2) is 6.29 Å². The van der Waals surface area contributed by atoms with E-state index in [1.54, 1.807) is 24.3 Å². The molecule has 0 radical (unpaired) electrons. The number of aldehydes is 1. The number of nitrogens with zero attached hydrogens (tertiary/aromatic N) is 1. The molecule has 1 aromatic carbocycles. The Balaban J connectivity index is 2.61. The number of hydrogen-bond acceptors (Lipinski definition) is 2. The third-order valence-electron chi connectivity index (χ3n) is 2.24. The van der Waals surface area contributed by atoms with Gasteiger partial charge in [-0.05, 0) is 12.1 Å². The molecule has 2 aromatic rings. The van der Waals surface area contributed by atoms with E-state index in [2.05, 4.69) is 4.98 Å². The average Bonchev–Trinajstić information content (AvgIpc) is 2.34. The normalized spacial score (nSPS) is 10.3. The van der Waals surface area contributed by atoms with Crippen molar-refractivity contribution in [3.05, 3.63) is 51.1 Å². The lowest BCUT2D eigenvalue weighted by molar-refractivity contribution is 0.112. The smallest absolute Gasteiger partial charge is 0.151 e. The highest BCUT2D eigenvalue weighted by molar-refractivity contribution is 6.43. The summed E-state index contributed by atoms with van der Waals surface area (Å²) in [6.07, 6.45) is 2.09. The molecule has 2 nitrogen and oxygen atoms in total. The highest BCUT2D eigenvalue weighted by atomic mass is 35.5. The molecule has 1 heterocycles. The first-order valence-corrected chi connectivity index (χ1v) is 5.82. The van der Waals surface area contributed by atoms with Crippen molar-refractivity contribution in [1.82, 2.24) is 4.98 Å². The van der Waals surface area contributed by atoms with E-state index in [0.29, 0.717) is 38.2 Å². The van der Waals surface area contributed by atoms with E-state index < -0.39 is 0 Å². The zero-order valence-electron chi connectivity index (χ0n) is 8.45. The molecular weight excluding hydrogens is 280 g/mol. The Morgan fingerprint density at radius 2 is 1.88 bits per heavy atom. The van der Waals surface area contributed by atoms with Gasteiger partial charge in [-0.25, -0.2) is 0 Å². The van der Waals surface area contributed by atoms with Crippen LogP contribution < -0.4 is 0 Å². The van der Waals surface area contributed by atoms with Gasteiger partial charge in [-0.2, -0.15) is 0 Å². The van der Waals surface area contributed by atoms with Gasteiger partial charge in [-0.3, -0.25) is 9.78 Å². The Labute approximate surface area is 113 Å². The van der Waals surface area contributed by atoms with Crippen LogP contribution in [0, 0.1) is 0 Å². The predicted molar refractivity (Wildman–Crippen MR) is 70.1 cm³/mol. The summed E-state index contributed by atoms with van der Waals surface area (Å²) in [5, 5.41) is 1.15. The number of halogens is 3. The lowest BCUT2D eigenvalue weighted by Gasteiger charge is -2.06. The molecule has 0 unspecified atom stereocenters. The quantitative estimate of drug-likeness (QED) is 0.760. The molecule has 0 saturated heterocycles. The fourth-order valence-electron chi connectivity index (χ4n) is 1.39. The Morgan fingerprint density at radius 3 is 2.59 bits per heavy atom. The van der Waals surface area contributed by atoms with E-state index in [1.807, 2.05) is 0 Å². The summed E-state index contributed by atoms with van der Waals surface area (Å²) in [7, 11) is 0. The van der Waals surface area contributed by atoms with E-state index in [0.717, 1.165) is 0 Å². The summed E-state index contributed by atoms with van der Waals surface area (Å²) in [5.74, 6) is 0. The fourth-order valence-corrected chi connectivity index (χ4v) is 1.94. The van der Waals surface area contributed by atoms with Crippen LogP contribution in [0.2, 0.25) is 15.1 Å². The molecule has 86 valence electrons. The van der Waals surface area contributed by atoms with Crippen LogP contribution in [0.5, 0.6) is 0 Å². The number of hydrogen-bond donors (Lipinski definition) is 0. The molecular formula is C12H6Cl3NO. The maximum absolute atomic E-state index is 10.8. The summed E-state index contributed by atoms with van der Waals surface area (Å²) >= 11 is 17.8. The van der Waals surface area contributed by atoms with Crippen LogP contribution in [0.1, 0.15) is 10.4 Å². The van der Waals surface area contributed by atoms with Crippen molar-refractivity contribution in [3.63, 3.8) is 0 Å². The minimum Gasteiger partial charge on any atom is -0.298 e. The molecule has 17 heavy (non-hydrogen) atoms. The highest BCUT2D eigenvalue weighted by Gasteiger charge is 2.10. The third-order valence-corrected chi connectivity index (χ3v) is 3.37. The summed E-state index contributed by atoms with van der Waals surface area (Å²) in [6.45, 7) is 0. The highest BCUT2D eigenvalue weighted by Crippen LogP contribution is 2.33. The second-order valence-electron chi connectivity index (χ2n) is 3.31. The third kappa shape index (κ3) is 2.44. The van der Waals surface area contributed by atoms with Gasteiger partial charge >= 0.3 is 0 Å². The number of pyridine rings is 1. The SMILES string of the molecule is O=Cc1cc(-c2cccc(Cl)c2Cl)ncc1Cl.